The van der Waals surface area contributed by atoms with Gasteiger partial charge >= 0.3 is 0 Å². The summed E-state index contributed by atoms with van der Waals surface area (Å²) in [6.45, 7) is 3.82. The molecule has 1 unspecified atom stereocenters. The molecule has 1 aromatic rings. The van der Waals surface area contributed by atoms with Crippen molar-refractivity contribution in [3.8, 4) is 0 Å². The summed E-state index contributed by atoms with van der Waals surface area (Å²) in [5, 5.41) is 2.27. The second-order valence-electron chi connectivity index (χ2n) is 5.34. The first kappa shape index (κ1) is 15.2. The van der Waals surface area contributed by atoms with Gasteiger partial charge in [-0.3, -0.25) is 19.7 Å². The molecule has 3 amide bonds. The largest absolute Gasteiger partial charge is 0.321 e. The Bertz CT molecular complexity index is 551. The average molecular weight is 288 g/mol. The smallest absolute Gasteiger partial charge is 0.249 e. The summed E-state index contributed by atoms with van der Waals surface area (Å²) < 4.78 is 0. The third-order valence-electron chi connectivity index (χ3n) is 3.71. The minimum atomic E-state index is -0.534. The van der Waals surface area contributed by atoms with E-state index in [1.807, 2.05) is 38.1 Å². The van der Waals surface area contributed by atoms with Crippen molar-refractivity contribution in [2.45, 2.75) is 39.2 Å². The number of imide groups is 1. The standard InChI is InChI=1S/C16H20N2O3/c1-3-13-16(21)17-14(19)10-18(13)15(20)9-8-12-6-4-11(2)5-7-12/h4-7,13H,3,8-10H2,1-2H3,(H,17,19,21). The van der Waals surface area contributed by atoms with Crippen molar-refractivity contribution in [1.82, 2.24) is 10.2 Å². The topological polar surface area (TPSA) is 66.5 Å². The van der Waals surface area contributed by atoms with E-state index in [2.05, 4.69) is 5.32 Å². The van der Waals surface area contributed by atoms with Gasteiger partial charge in [0.2, 0.25) is 17.7 Å². The van der Waals surface area contributed by atoms with Crippen molar-refractivity contribution < 1.29 is 14.4 Å². The van der Waals surface area contributed by atoms with Crippen molar-refractivity contribution in [3.05, 3.63) is 35.4 Å². The SMILES string of the molecule is CCC1C(=O)NC(=O)CN1C(=O)CCc1ccc(C)cc1. The van der Waals surface area contributed by atoms with Crippen LogP contribution in [-0.4, -0.2) is 35.2 Å². The normalized spacial score (nSPS) is 18.6. The van der Waals surface area contributed by atoms with Gasteiger partial charge < -0.3 is 4.90 Å². The lowest BCUT2D eigenvalue weighted by Crippen LogP contribution is -2.59. The van der Waals surface area contributed by atoms with Crippen LogP contribution in [0.4, 0.5) is 0 Å². The molecule has 0 aromatic heterocycles. The fraction of sp³-hybridized carbons (Fsp3) is 0.438. The molecule has 0 radical (unpaired) electrons. The third-order valence-corrected chi connectivity index (χ3v) is 3.71. The summed E-state index contributed by atoms with van der Waals surface area (Å²) in [5.41, 5.74) is 2.25. The van der Waals surface area contributed by atoms with E-state index >= 15 is 0 Å². The van der Waals surface area contributed by atoms with Crippen LogP contribution < -0.4 is 5.32 Å². The number of amides is 3. The number of nitrogens with one attached hydrogen (secondary N) is 1. The molecule has 1 aliphatic rings. The number of nitrogens with zero attached hydrogens (tertiary/aromatic N) is 1. The van der Waals surface area contributed by atoms with Gasteiger partial charge in [-0.15, -0.1) is 0 Å². The number of hydrogen-bond donors (Lipinski definition) is 1. The fourth-order valence-electron chi connectivity index (χ4n) is 2.48. The maximum Gasteiger partial charge on any atom is 0.249 e. The summed E-state index contributed by atoms with van der Waals surface area (Å²) in [6, 6.07) is 7.47. The zero-order valence-electron chi connectivity index (χ0n) is 12.4. The molecule has 1 N–H and O–H groups in total. The third kappa shape index (κ3) is 3.68. The lowest BCUT2D eigenvalue weighted by Gasteiger charge is -2.33. The summed E-state index contributed by atoms with van der Waals surface area (Å²) in [6.07, 6.45) is 1.43. The fourth-order valence-corrected chi connectivity index (χ4v) is 2.48. The molecule has 5 nitrogen and oxygen atoms in total. The maximum atomic E-state index is 12.3. The van der Waals surface area contributed by atoms with Crippen LogP contribution in [0.1, 0.15) is 30.9 Å². The molecule has 0 bridgehead atoms. The summed E-state index contributed by atoms with van der Waals surface area (Å²) in [7, 11) is 0. The van der Waals surface area contributed by atoms with E-state index < -0.39 is 11.9 Å². The number of carbonyl (C=O) groups excluding carboxylic acids is 3. The van der Waals surface area contributed by atoms with Gasteiger partial charge in [-0.1, -0.05) is 36.8 Å². The predicted molar refractivity (Wildman–Crippen MR) is 78.4 cm³/mol. The Hall–Kier alpha value is -2.17. The molecule has 1 heterocycles. The number of benzene rings is 1. The van der Waals surface area contributed by atoms with E-state index in [1.165, 1.54) is 10.5 Å². The molecular formula is C16H20N2O3. The molecule has 112 valence electrons. The molecule has 21 heavy (non-hydrogen) atoms. The van der Waals surface area contributed by atoms with Gasteiger partial charge in [-0.2, -0.15) is 0 Å². The Morgan fingerprint density at radius 3 is 2.57 bits per heavy atom. The zero-order valence-corrected chi connectivity index (χ0v) is 12.4. The second-order valence-corrected chi connectivity index (χ2v) is 5.34. The first-order valence-corrected chi connectivity index (χ1v) is 7.20. The van der Waals surface area contributed by atoms with E-state index in [1.54, 1.807) is 0 Å². The van der Waals surface area contributed by atoms with Gasteiger partial charge in [-0.05, 0) is 25.3 Å². The van der Waals surface area contributed by atoms with Crippen LogP contribution in [0.15, 0.2) is 24.3 Å². The van der Waals surface area contributed by atoms with E-state index in [-0.39, 0.29) is 18.4 Å². The first-order chi connectivity index (χ1) is 10.0. The molecule has 1 aliphatic heterocycles. The van der Waals surface area contributed by atoms with Gasteiger partial charge in [0.25, 0.3) is 0 Å². The Kier molecular flexibility index (Phi) is 4.73. The van der Waals surface area contributed by atoms with Crippen LogP contribution in [0.25, 0.3) is 0 Å². The Morgan fingerprint density at radius 1 is 1.29 bits per heavy atom. The number of piperazine rings is 1. The maximum absolute atomic E-state index is 12.3. The summed E-state index contributed by atoms with van der Waals surface area (Å²) in [5.74, 6) is -0.934. The molecule has 5 heteroatoms. The van der Waals surface area contributed by atoms with Crippen LogP contribution in [0.3, 0.4) is 0 Å². The second kappa shape index (κ2) is 6.52. The van der Waals surface area contributed by atoms with Crippen LogP contribution in [0.5, 0.6) is 0 Å². The molecule has 1 saturated heterocycles. The minimum Gasteiger partial charge on any atom is -0.321 e. The minimum absolute atomic E-state index is 0.0308. The average Bonchev–Trinajstić information content (AvgIpc) is 2.45. The predicted octanol–water partition coefficient (Wildman–Crippen LogP) is 1.19. The molecule has 1 aromatic carbocycles. The van der Waals surface area contributed by atoms with Crippen molar-refractivity contribution in [3.63, 3.8) is 0 Å². The highest BCUT2D eigenvalue weighted by atomic mass is 16.2. The quantitative estimate of drug-likeness (QED) is 0.846. The van der Waals surface area contributed by atoms with Crippen molar-refractivity contribution in [2.24, 2.45) is 0 Å². The van der Waals surface area contributed by atoms with Gasteiger partial charge in [0.05, 0.1) is 0 Å². The van der Waals surface area contributed by atoms with E-state index in [9.17, 15) is 14.4 Å². The molecule has 0 spiro atoms. The number of hydrogen-bond acceptors (Lipinski definition) is 3. The Morgan fingerprint density at radius 2 is 1.95 bits per heavy atom. The summed E-state index contributed by atoms with van der Waals surface area (Å²) >= 11 is 0. The number of carbonyl (C=O) groups is 3. The van der Waals surface area contributed by atoms with E-state index in [0.717, 1.165) is 5.56 Å². The van der Waals surface area contributed by atoms with Crippen LogP contribution in [0.2, 0.25) is 0 Å². The number of rotatable bonds is 4. The summed E-state index contributed by atoms with van der Waals surface area (Å²) in [4.78, 5) is 36.9. The van der Waals surface area contributed by atoms with E-state index in [4.69, 9.17) is 0 Å². The van der Waals surface area contributed by atoms with E-state index in [0.29, 0.717) is 19.3 Å². The van der Waals surface area contributed by atoms with Crippen LogP contribution in [0, 0.1) is 6.92 Å². The lowest BCUT2D eigenvalue weighted by molar-refractivity contribution is -0.150. The highest BCUT2D eigenvalue weighted by Crippen LogP contribution is 2.13. The molecular weight excluding hydrogens is 268 g/mol. The van der Waals surface area contributed by atoms with Crippen molar-refractivity contribution in [2.75, 3.05) is 6.54 Å². The van der Waals surface area contributed by atoms with Gasteiger partial charge in [0, 0.05) is 6.42 Å². The molecule has 2 rings (SSSR count). The van der Waals surface area contributed by atoms with Gasteiger partial charge in [0.15, 0.2) is 0 Å². The number of aryl methyl sites for hydroxylation is 2. The highest BCUT2D eigenvalue weighted by Gasteiger charge is 2.34. The molecule has 0 saturated carbocycles. The molecule has 0 aliphatic carbocycles. The van der Waals surface area contributed by atoms with Crippen LogP contribution >= 0.6 is 0 Å². The zero-order chi connectivity index (χ0) is 15.4. The van der Waals surface area contributed by atoms with Gasteiger partial charge in [0.1, 0.15) is 12.6 Å². The van der Waals surface area contributed by atoms with Crippen molar-refractivity contribution in [1.29, 1.82) is 0 Å². The monoisotopic (exact) mass is 288 g/mol. The Labute approximate surface area is 124 Å². The Balaban J connectivity index is 1.99. The van der Waals surface area contributed by atoms with Crippen LogP contribution in [-0.2, 0) is 20.8 Å². The van der Waals surface area contributed by atoms with Gasteiger partial charge in [-0.25, -0.2) is 0 Å². The lowest BCUT2D eigenvalue weighted by atomic mass is 10.1. The molecule has 1 fully saturated rings. The first-order valence-electron chi connectivity index (χ1n) is 7.20. The highest BCUT2D eigenvalue weighted by molar-refractivity contribution is 6.04. The van der Waals surface area contributed by atoms with Crippen molar-refractivity contribution >= 4 is 17.7 Å². The molecule has 1 atom stereocenters.